The number of halogens is 1. The quantitative estimate of drug-likeness (QED) is 0.914. The van der Waals surface area contributed by atoms with Gasteiger partial charge in [0.1, 0.15) is 0 Å². The van der Waals surface area contributed by atoms with Gasteiger partial charge in [0.2, 0.25) is 5.75 Å². The number of ether oxygens (including phenoxy) is 3. The maximum atomic E-state index is 12.3. The Balaban J connectivity index is 2.34. The maximum absolute atomic E-state index is 12.3. The van der Waals surface area contributed by atoms with Crippen molar-refractivity contribution in [2.45, 2.75) is 0 Å². The summed E-state index contributed by atoms with van der Waals surface area (Å²) >= 11 is 6.02. The van der Waals surface area contributed by atoms with Gasteiger partial charge in [-0.1, -0.05) is 23.7 Å². The molecular formula is C16H16ClNO4. The lowest BCUT2D eigenvalue weighted by atomic mass is 10.2. The molecular weight excluding hydrogens is 306 g/mol. The average molecular weight is 322 g/mol. The summed E-state index contributed by atoms with van der Waals surface area (Å²) in [5.41, 5.74) is 0.900. The third kappa shape index (κ3) is 3.26. The van der Waals surface area contributed by atoms with E-state index >= 15 is 0 Å². The van der Waals surface area contributed by atoms with Gasteiger partial charge in [-0.25, -0.2) is 0 Å². The molecule has 1 N–H and O–H groups in total. The van der Waals surface area contributed by atoms with Gasteiger partial charge in [0.15, 0.2) is 11.5 Å². The van der Waals surface area contributed by atoms with Crippen LogP contribution in [-0.4, -0.2) is 27.2 Å². The van der Waals surface area contributed by atoms with Crippen LogP contribution in [0.25, 0.3) is 0 Å². The second kappa shape index (κ2) is 7.04. The van der Waals surface area contributed by atoms with E-state index in [1.807, 2.05) is 0 Å². The van der Waals surface area contributed by atoms with Crippen LogP contribution in [0.1, 0.15) is 10.4 Å². The Morgan fingerprint density at radius 2 is 1.59 bits per heavy atom. The molecule has 0 aliphatic carbocycles. The van der Waals surface area contributed by atoms with E-state index in [1.165, 1.54) is 21.3 Å². The molecule has 5 nitrogen and oxygen atoms in total. The minimum Gasteiger partial charge on any atom is -0.493 e. The molecule has 0 aliphatic rings. The molecule has 0 heterocycles. The number of carbonyl (C=O) groups excluding carboxylic acids is 1. The van der Waals surface area contributed by atoms with Gasteiger partial charge in [-0.05, 0) is 12.1 Å². The van der Waals surface area contributed by atoms with Crippen molar-refractivity contribution in [1.29, 1.82) is 0 Å². The van der Waals surface area contributed by atoms with Crippen LogP contribution in [0.2, 0.25) is 5.02 Å². The van der Waals surface area contributed by atoms with Crippen LogP contribution in [0.4, 0.5) is 5.69 Å². The summed E-state index contributed by atoms with van der Waals surface area (Å²) in [5, 5.41) is 3.14. The molecule has 2 aromatic rings. The molecule has 0 fully saturated rings. The lowest BCUT2D eigenvalue weighted by Gasteiger charge is -2.14. The third-order valence-electron chi connectivity index (χ3n) is 3.04. The van der Waals surface area contributed by atoms with E-state index in [0.29, 0.717) is 33.5 Å². The number of rotatable bonds is 5. The van der Waals surface area contributed by atoms with Crippen LogP contribution in [0, 0.1) is 0 Å². The molecule has 0 saturated heterocycles. The molecule has 0 aliphatic heterocycles. The van der Waals surface area contributed by atoms with Gasteiger partial charge in [0.05, 0.1) is 31.9 Å². The van der Waals surface area contributed by atoms with E-state index < -0.39 is 0 Å². The topological polar surface area (TPSA) is 56.8 Å². The standard InChI is InChI=1S/C16H16ClNO4/c1-20-13-8-10(9-14(21-2)15(13)22-3)18-16(19)11-6-4-5-7-12(11)17/h4-9H,1-3H3,(H,18,19). The molecule has 1 amide bonds. The fourth-order valence-corrected chi connectivity index (χ4v) is 2.22. The number of anilines is 1. The van der Waals surface area contributed by atoms with Crippen LogP contribution >= 0.6 is 11.6 Å². The monoisotopic (exact) mass is 321 g/mol. The lowest BCUT2D eigenvalue weighted by Crippen LogP contribution is -2.12. The Kier molecular flexibility index (Phi) is 5.12. The molecule has 0 atom stereocenters. The van der Waals surface area contributed by atoms with Crippen LogP contribution in [0.15, 0.2) is 36.4 Å². The number of hydrogen-bond acceptors (Lipinski definition) is 4. The summed E-state index contributed by atoms with van der Waals surface area (Å²) in [6, 6.07) is 10.1. The van der Waals surface area contributed by atoms with Crippen LogP contribution in [-0.2, 0) is 0 Å². The predicted molar refractivity (Wildman–Crippen MR) is 85.5 cm³/mol. The first-order valence-electron chi connectivity index (χ1n) is 6.46. The van der Waals surface area contributed by atoms with Crippen molar-refractivity contribution in [1.82, 2.24) is 0 Å². The molecule has 116 valence electrons. The average Bonchev–Trinajstić information content (AvgIpc) is 2.54. The summed E-state index contributed by atoms with van der Waals surface area (Å²) in [4.78, 5) is 12.3. The Bertz CT molecular complexity index is 663. The van der Waals surface area contributed by atoms with E-state index in [0.717, 1.165) is 0 Å². The highest BCUT2D eigenvalue weighted by molar-refractivity contribution is 6.34. The van der Waals surface area contributed by atoms with Gasteiger partial charge in [-0.15, -0.1) is 0 Å². The Morgan fingerprint density at radius 1 is 1.00 bits per heavy atom. The number of methoxy groups -OCH3 is 3. The predicted octanol–water partition coefficient (Wildman–Crippen LogP) is 3.62. The van der Waals surface area contributed by atoms with Gasteiger partial charge in [-0.3, -0.25) is 4.79 Å². The van der Waals surface area contributed by atoms with E-state index in [4.69, 9.17) is 25.8 Å². The van der Waals surface area contributed by atoms with E-state index in [9.17, 15) is 4.79 Å². The molecule has 2 aromatic carbocycles. The highest BCUT2D eigenvalue weighted by Gasteiger charge is 2.16. The zero-order valence-corrected chi connectivity index (χ0v) is 13.2. The second-order valence-corrected chi connectivity index (χ2v) is 4.76. The molecule has 0 aromatic heterocycles. The second-order valence-electron chi connectivity index (χ2n) is 4.35. The fraction of sp³-hybridized carbons (Fsp3) is 0.188. The third-order valence-corrected chi connectivity index (χ3v) is 3.37. The number of amides is 1. The fourth-order valence-electron chi connectivity index (χ4n) is 2.00. The molecule has 6 heteroatoms. The number of hydrogen-bond donors (Lipinski definition) is 1. The Labute approximate surface area is 133 Å². The first-order chi connectivity index (χ1) is 10.6. The van der Waals surface area contributed by atoms with Crippen molar-refractivity contribution in [2.75, 3.05) is 26.6 Å². The summed E-state index contributed by atoms with van der Waals surface area (Å²) in [6.07, 6.45) is 0. The minimum atomic E-state index is -0.320. The maximum Gasteiger partial charge on any atom is 0.257 e. The number of carbonyl (C=O) groups is 1. The smallest absolute Gasteiger partial charge is 0.257 e. The van der Waals surface area contributed by atoms with Crippen molar-refractivity contribution in [3.8, 4) is 17.2 Å². The Hall–Kier alpha value is -2.40. The molecule has 0 saturated carbocycles. The minimum absolute atomic E-state index is 0.320. The van der Waals surface area contributed by atoms with Crippen molar-refractivity contribution in [3.63, 3.8) is 0 Å². The van der Waals surface area contributed by atoms with Gasteiger partial charge in [-0.2, -0.15) is 0 Å². The van der Waals surface area contributed by atoms with E-state index in [1.54, 1.807) is 36.4 Å². The molecule has 0 radical (unpaired) electrons. The molecule has 22 heavy (non-hydrogen) atoms. The van der Waals surface area contributed by atoms with Crippen molar-refractivity contribution >= 4 is 23.2 Å². The summed E-state index contributed by atoms with van der Waals surface area (Å²) in [6.45, 7) is 0. The SMILES string of the molecule is COc1cc(NC(=O)c2ccccc2Cl)cc(OC)c1OC. The van der Waals surface area contributed by atoms with Gasteiger partial charge < -0.3 is 19.5 Å². The zero-order valence-electron chi connectivity index (χ0n) is 12.5. The summed E-state index contributed by atoms with van der Waals surface area (Å²) in [5.74, 6) is 1.05. The molecule has 0 bridgehead atoms. The summed E-state index contributed by atoms with van der Waals surface area (Å²) in [7, 11) is 4.54. The van der Waals surface area contributed by atoms with Crippen molar-refractivity contribution < 1.29 is 19.0 Å². The lowest BCUT2D eigenvalue weighted by molar-refractivity contribution is 0.102. The highest BCUT2D eigenvalue weighted by atomic mass is 35.5. The first kappa shape index (κ1) is 16.0. The number of benzene rings is 2. The summed E-state index contributed by atoms with van der Waals surface area (Å²) < 4.78 is 15.7. The van der Waals surface area contributed by atoms with Crippen LogP contribution < -0.4 is 19.5 Å². The molecule has 0 spiro atoms. The van der Waals surface area contributed by atoms with Gasteiger partial charge >= 0.3 is 0 Å². The van der Waals surface area contributed by atoms with E-state index in [2.05, 4.69) is 5.32 Å². The molecule has 0 unspecified atom stereocenters. The van der Waals surface area contributed by atoms with Crippen LogP contribution in [0.3, 0.4) is 0 Å². The van der Waals surface area contributed by atoms with Crippen molar-refractivity contribution in [2.24, 2.45) is 0 Å². The highest BCUT2D eigenvalue weighted by Crippen LogP contribution is 2.40. The number of nitrogens with one attached hydrogen (secondary N) is 1. The van der Waals surface area contributed by atoms with Gasteiger partial charge in [0.25, 0.3) is 5.91 Å². The van der Waals surface area contributed by atoms with Crippen molar-refractivity contribution in [3.05, 3.63) is 47.0 Å². The van der Waals surface area contributed by atoms with Crippen LogP contribution in [0.5, 0.6) is 17.2 Å². The first-order valence-corrected chi connectivity index (χ1v) is 6.84. The van der Waals surface area contributed by atoms with Gasteiger partial charge in [0, 0.05) is 17.8 Å². The van der Waals surface area contributed by atoms with E-state index in [-0.39, 0.29) is 5.91 Å². The Morgan fingerprint density at radius 3 is 2.09 bits per heavy atom. The molecule has 2 rings (SSSR count). The normalized spacial score (nSPS) is 10.0. The largest absolute Gasteiger partial charge is 0.493 e. The zero-order chi connectivity index (χ0) is 16.1.